The number of piperidine rings is 1. The summed E-state index contributed by atoms with van der Waals surface area (Å²) in [6.45, 7) is 6.43. The van der Waals surface area contributed by atoms with Gasteiger partial charge >= 0.3 is 0 Å². The van der Waals surface area contributed by atoms with E-state index in [1.807, 2.05) is 19.2 Å². The average Bonchev–Trinajstić information content (AvgIpc) is 2.81. The lowest BCUT2D eigenvalue weighted by Gasteiger charge is -2.32. The van der Waals surface area contributed by atoms with Crippen LogP contribution < -0.4 is 5.56 Å². The van der Waals surface area contributed by atoms with Gasteiger partial charge < -0.3 is 5.11 Å². The first-order valence-electron chi connectivity index (χ1n) is 7.42. The summed E-state index contributed by atoms with van der Waals surface area (Å²) < 4.78 is 1.66. The second-order valence-electron chi connectivity index (χ2n) is 5.93. The highest BCUT2D eigenvalue weighted by Crippen LogP contribution is 2.21. The molecule has 5 nitrogen and oxygen atoms in total. The zero-order valence-electron chi connectivity index (χ0n) is 12.5. The predicted octanol–water partition coefficient (Wildman–Crippen LogP) is 1.66. The maximum absolute atomic E-state index is 12.1. The second-order valence-corrected chi connectivity index (χ2v) is 6.77. The largest absolute Gasteiger partial charge is 0.393 e. The molecule has 0 bridgehead atoms. The van der Waals surface area contributed by atoms with Gasteiger partial charge in [-0.15, -0.1) is 11.3 Å². The molecule has 3 rings (SSSR count). The molecule has 1 saturated heterocycles. The number of aliphatic hydroxyl groups excluding tert-OH is 1. The first-order valence-corrected chi connectivity index (χ1v) is 8.30. The van der Waals surface area contributed by atoms with Crippen molar-refractivity contribution < 1.29 is 5.11 Å². The number of likely N-dealkylation sites (tertiary alicyclic amines) is 1. The fourth-order valence-corrected chi connectivity index (χ4v) is 3.90. The Morgan fingerprint density at radius 1 is 1.48 bits per heavy atom. The van der Waals surface area contributed by atoms with Crippen LogP contribution in [0.25, 0.3) is 4.96 Å². The maximum atomic E-state index is 12.1. The van der Waals surface area contributed by atoms with E-state index in [1.165, 1.54) is 11.3 Å². The average molecular weight is 307 g/mol. The van der Waals surface area contributed by atoms with Gasteiger partial charge in [-0.05, 0) is 45.7 Å². The summed E-state index contributed by atoms with van der Waals surface area (Å²) in [4.78, 5) is 19.8. The number of hydrogen-bond acceptors (Lipinski definition) is 5. The van der Waals surface area contributed by atoms with Gasteiger partial charge in [0.1, 0.15) is 0 Å². The standard InChI is InChI=1S/C15H21N3O2S/c1-10-9-21-15-16-13(7-14(20)18(10)15)8-17-5-3-12(4-6-17)11(2)19/h7,9,11-12,19H,3-6,8H2,1-2H3. The number of hydrogen-bond donors (Lipinski definition) is 1. The monoisotopic (exact) mass is 307 g/mol. The van der Waals surface area contributed by atoms with Gasteiger partial charge in [0.2, 0.25) is 0 Å². The zero-order valence-corrected chi connectivity index (χ0v) is 13.3. The van der Waals surface area contributed by atoms with Crippen molar-refractivity contribution in [2.24, 2.45) is 5.92 Å². The number of thiazole rings is 1. The van der Waals surface area contributed by atoms with E-state index in [4.69, 9.17) is 0 Å². The number of aromatic nitrogens is 2. The number of aryl methyl sites for hydroxylation is 1. The molecular weight excluding hydrogens is 286 g/mol. The Labute approximate surface area is 127 Å². The van der Waals surface area contributed by atoms with Gasteiger partial charge in [0.15, 0.2) is 4.96 Å². The summed E-state index contributed by atoms with van der Waals surface area (Å²) in [5.41, 5.74) is 1.79. The second kappa shape index (κ2) is 5.87. The maximum Gasteiger partial charge on any atom is 0.259 e. The Morgan fingerprint density at radius 2 is 2.19 bits per heavy atom. The molecule has 1 aliphatic rings. The SMILES string of the molecule is Cc1csc2nc(CN3CCC(C(C)O)CC3)cc(=O)n12. The third-order valence-corrected chi connectivity index (χ3v) is 5.27. The lowest BCUT2D eigenvalue weighted by Crippen LogP contribution is -2.37. The predicted molar refractivity (Wildman–Crippen MR) is 83.8 cm³/mol. The molecule has 114 valence electrons. The lowest BCUT2D eigenvalue weighted by molar-refractivity contribution is 0.0691. The third-order valence-electron chi connectivity index (χ3n) is 4.33. The number of nitrogens with zero attached hydrogens (tertiary/aromatic N) is 3. The summed E-state index contributed by atoms with van der Waals surface area (Å²) in [7, 11) is 0. The van der Waals surface area contributed by atoms with E-state index in [-0.39, 0.29) is 11.7 Å². The molecule has 1 unspecified atom stereocenters. The molecule has 2 aromatic heterocycles. The summed E-state index contributed by atoms with van der Waals surface area (Å²) in [6.07, 6.45) is 1.80. The van der Waals surface area contributed by atoms with Gasteiger partial charge in [-0.3, -0.25) is 14.1 Å². The molecule has 1 N–H and O–H groups in total. The number of fused-ring (bicyclic) bond motifs is 1. The van der Waals surface area contributed by atoms with Crippen LogP contribution in [0.3, 0.4) is 0 Å². The normalized spacial score (nSPS) is 19.2. The van der Waals surface area contributed by atoms with Crippen molar-refractivity contribution in [1.29, 1.82) is 0 Å². The molecule has 0 aromatic carbocycles. The Morgan fingerprint density at radius 3 is 2.86 bits per heavy atom. The molecule has 1 atom stereocenters. The van der Waals surface area contributed by atoms with Crippen LogP contribution in [0.5, 0.6) is 0 Å². The molecule has 2 aromatic rings. The molecule has 6 heteroatoms. The highest BCUT2D eigenvalue weighted by atomic mass is 32.1. The van der Waals surface area contributed by atoms with Crippen molar-refractivity contribution in [1.82, 2.24) is 14.3 Å². The molecule has 1 fully saturated rings. The van der Waals surface area contributed by atoms with Crippen molar-refractivity contribution in [3.63, 3.8) is 0 Å². The van der Waals surface area contributed by atoms with Gasteiger partial charge in [0.05, 0.1) is 11.8 Å². The minimum atomic E-state index is -0.222. The van der Waals surface area contributed by atoms with Crippen molar-refractivity contribution >= 4 is 16.3 Å². The molecule has 1 aliphatic heterocycles. The van der Waals surface area contributed by atoms with Gasteiger partial charge in [0, 0.05) is 23.7 Å². The Kier molecular flexibility index (Phi) is 4.10. The van der Waals surface area contributed by atoms with Crippen molar-refractivity contribution in [2.45, 2.75) is 39.3 Å². The van der Waals surface area contributed by atoms with Crippen molar-refractivity contribution in [3.05, 3.63) is 33.2 Å². The fourth-order valence-electron chi connectivity index (χ4n) is 3.00. The van der Waals surface area contributed by atoms with Gasteiger partial charge in [0.25, 0.3) is 5.56 Å². The zero-order chi connectivity index (χ0) is 15.0. The molecule has 0 radical (unpaired) electrons. The van der Waals surface area contributed by atoms with Crippen LogP contribution >= 0.6 is 11.3 Å². The first-order chi connectivity index (χ1) is 10.0. The third kappa shape index (κ3) is 3.02. The minimum Gasteiger partial charge on any atom is -0.393 e. The number of rotatable bonds is 3. The Hall–Kier alpha value is -1.24. The molecule has 0 amide bonds. The van der Waals surface area contributed by atoms with Gasteiger partial charge in [-0.1, -0.05) is 0 Å². The van der Waals surface area contributed by atoms with Crippen LogP contribution in [0, 0.1) is 12.8 Å². The van der Waals surface area contributed by atoms with Crippen molar-refractivity contribution in [2.75, 3.05) is 13.1 Å². The first kappa shape index (κ1) is 14.7. The van der Waals surface area contributed by atoms with Crippen LogP contribution in [0.4, 0.5) is 0 Å². The summed E-state index contributed by atoms with van der Waals surface area (Å²) in [5, 5.41) is 11.6. The smallest absolute Gasteiger partial charge is 0.259 e. The van der Waals surface area contributed by atoms with Crippen LogP contribution in [-0.2, 0) is 6.54 Å². The van der Waals surface area contributed by atoms with E-state index in [0.717, 1.165) is 48.8 Å². The fraction of sp³-hybridized carbons (Fsp3) is 0.600. The molecule has 3 heterocycles. The van der Waals surface area contributed by atoms with E-state index >= 15 is 0 Å². The number of aliphatic hydroxyl groups is 1. The van der Waals surface area contributed by atoms with Gasteiger partial charge in [-0.25, -0.2) is 4.98 Å². The van der Waals surface area contributed by atoms with Crippen LogP contribution in [0.15, 0.2) is 16.2 Å². The molecular formula is C15H21N3O2S. The lowest BCUT2D eigenvalue weighted by atomic mass is 9.92. The molecule has 0 spiro atoms. The van der Waals surface area contributed by atoms with E-state index in [2.05, 4.69) is 9.88 Å². The van der Waals surface area contributed by atoms with Crippen LogP contribution in [0.1, 0.15) is 31.2 Å². The van der Waals surface area contributed by atoms with Crippen molar-refractivity contribution in [3.8, 4) is 0 Å². The van der Waals surface area contributed by atoms with E-state index in [0.29, 0.717) is 5.92 Å². The topological polar surface area (TPSA) is 57.8 Å². The summed E-state index contributed by atoms with van der Waals surface area (Å²) in [6, 6.07) is 1.65. The van der Waals surface area contributed by atoms with Crippen LogP contribution in [0.2, 0.25) is 0 Å². The van der Waals surface area contributed by atoms with Gasteiger partial charge in [-0.2, -0.15) is 0 Å². The van der Waals surface area contributed by atoms with E-state index in [9.17, 15) is 9.90 Å². The minimum absolute atomic E-state index is 0.00705. The summed E-state index contributed by atoms with van der Waals surface area (Å²) in [5.74, 6) is 0.405. The highest BCUT2D eigenvalue weighted by molar-refractivity contribution is 7.15. The molecule has 21 heavy (non-hydrogen) atoms. The quantitative estimate of drug-likeness (QED) is 0.937. The molecule has 0 saturated carbocycles. The summed E-state index contributed by atoms with van der Waals surface area (Å²) >= 11 is 1.51. The molecule has 0 aliphatic carbocycles. The van der Waals surface area contributed by atoms with E-state index in [1.54, 1.807) is 10.5 Å². The Balaban J connectivity index is 1.73. The van der Waals surface area contributed by atoms with Crippen LogP contribution in [-0.4, -0.2) is 38.6 Å². The Bertz CT molecular complexity index is 684. The van der Waals surface area contributed by atoms with E-state index < -0.39 is 0 Å². The highest BCUT2D eigenvalue weighted by Gasteiger charge is 2.23.